The minimum absolute atomic E-state index is 0.112. The Labute approximate surface area is 159 Å². The summed E-state index contributed by atoms with van der Waals surface area (Å²) >= 11 is 0. The van der Waals surface area contributed by atoms with Gasteiger partial charge in [-0.05, 0) is 18.9 Å². The summed E-state index contributed by atoms with van der Waals surface area (Å²) in [6.45, 7) is 0. The van der Waals surface area contributed by atoms with E-state index in [9.17, 15) is 29.7 Å². The number of hydrogen-bond donors (Lipinski definition) is 4. The lowest BCUT2D eigenvalue weighted by molar-refractivity contribution is -0.286. The van der Waals surface area contributed by atoms with E-state index >= 15 is 0 Å². The number of ether oxygens (including phenoxy) is 3. The number of carboxylic acid groups (broad SMARTS) is 1. The highest BCUT2D eigenvalue weighted by Crippen LogP contribution is 2.34. The van der Waals surface area contributed by atoms with Crippen LogP contribution in [0.2, 0.25) is 0 Å². The molecule has 10 nitrogen and oxygen atoms in total. The number of carbonyl (C=O) groups is 3. The number of carboxylic acids is 1. The molecule has 2 aliphatic heterocycles. The van der Waals surface area contributed by atoms with E-state index in [4.69, 9.17) is 19.3 Å². The van der Waals surface area contributed by atoms with Crippen LogP contribution in [0.5, 0.6) is 0 Å². The van der Waals surface area contributed by atoms with Gasteiger partial charge in [-0.1, -0.05) is 18.2 Å². The van der Waals surface area contributed by atoms with Crippen molar-refractivity contribution in [3.8, 4) is 0 Å². The van der Waals surface area contributed by atoms with E-state index in [-0.39, 0.29) is 6.42 Å². The SMILES string of the molecule is O=C(CCCC1OC(=O)c2ccccc21)O[C@@H]1O[C@H](C(=O)O)[C@@H](O)[C@H](O)[C@H]1O. The van der Waals surface area contributed by atoms with Gasteiger partial charge in [0.15, 0.2) is 6.10 Å². The predicted octanol–water partition coefficient (Wildman–Crippen LogP) is -0.496. The minimum Gasteiger partial charge on any atom is -0.479 e. The molecule has 1 aromatic rings. The molecule has 0 aliphatic carbocycles. The number of rotatable bonds is 6. The Morgan fingerprint density at radius 1 is 1.07 bits per heavy atom. The molecule has 1 saturated heterocycles. The lowest BCUT2D eigenvalue weighted by Gasteiger charge is -2.37. The highest BCUT2D eigenvalue weighted by Gasteiger charge is 2.48. The van der Waals surface area contributed by atoms with Crippen LogP contribution in [-0.2, 0) is 23.8 Å². The standard InChI is InChI=1S/C18H20O10/c19-11(27-18-14(22)12(20)13(21)15(28-18)16(23)24)7-3-6-10-8-4-1-2-5-9(8)17(25)26-10/h1-2,4-5,10,12-15,18,20-22H,3,6-7H2,(H,23,24)/t10?,12-,13-,14+,15-,18+/m0/s1. The maximum atomic E-state index is 12.0. The summed E-state index contributed by atoms with van der Waals surface area (Å²) in [5, 5.41) is 38.1. The lowest BCUT2D eigenvalue weighted by Crippen LogP contribution is -2.60. The smallest absolute Gasteiger partial charge is 0.339 e. The molecule has 3 rings (SSSR count). The van der Waals surface area contributed by atoms with Gasteiger partial charge in [-0.25, -0.2) is 9.59 Å². The molecular formula is C18H20O10. The molecule has 6 atom stereocenters. The van der Waals surface area contributed by atoms with Crippen molar-refractivity contribution >= 4 is 17.9 Å². The van der Waals surface area contributed by atoms with Crippen molar-refractivity contribution in [3.63, 3.8) is 0 Å². The van der Waals surface area contributed by atoms with Crippen LogP contribution in [-0.4, -0.2) is 69.0 Å². The van der Waals surface area contributed by atoms with Crippen LogP contribution in [0, 0.1) is 0 Å². The normalized spacial score (nSPS) is 31.8. The number of benzene rings is 1. The molecule has 0 bridgehead atoms. The number of fused-ring (bicyclic) bond motifs is 1. The van der Waals surface area contributed by atoms with E-state index in [1.165, 1.54) is 0 Å². The maximum absolute atomic E-state index is 12.0. The van der Waals surface area contributed by atoms with Gasteiger partial charge < -0.3 is 34.6 Å². The second-order valence-electron chi connectivity index (χ2n) is 6.60. The van der Waals surface area contributed by atoms with Crippen molar-refractivity contribution < 1.29 is 49.0 Å². The zero-order valence-corrected chi connectivity index (χ0v) is 14.6. The van der Waals surface area contributed by atoms with E-state index in [0.717, 1.165) is 5.56 Å². The zero-order chi connectivity index (χ0) is 20.4. The zero-order valence-electron chi connectivity index (χ0n) is 14.6. The van der Waals surface area contributed by atoms with E-state index in [0.29, 0.717) is 18.4 Å². The number of carbonyl (C=O) groups excluding carboxylic acids is 2. The summed E-state index contributed by atoms with van der Waals surface area (Å²) < 4.78 is 15.1. The van der Waals surface area contributed by atoms with Gasteiger partial charge in [0, 0.05) is 12.0 Å². The fourth-order valence-electron chi connectivity index (χ4n) is 3.20. The molecule has 28 heavy (non-hydrogen) atoms. The van der Waals surface area contributed by atoms with Gasteiger partial charge in [0.05, 0.1) is 5.56 Å². The minimum atomic E-state index is -1.86. The molecule has 0 aromatic heterocycles. The van der Waals surface area contributed by atoms with Crippen molar-refractivity contribution in [1.82, 2.24) is 0 Å². The van der Waals surface area contributed by atoms with Crippen molar-refractivity contribution in [3.05, 3.63) is 35.4 Å². The highest BCUT2D eigenvalue weighted by atomic mass is 16.7. The van der Waals surface area contributed by atoms with Gasteiger partial charge in [-0.3, -0.25) is 4.79 Å². The van der Waals surface area contributed by atoms with Gasteiger partial charge in [0.2, 0.25) is 6.29 Å². The van der Waals surface area contributed by atoms with Crippen molar-refractivity contribution in [2.45, 2.75) is 56.1 Å². The van der Waals surface area contributed by atoms with E-state index in [1.807, 2.05) is 0 Å². The van der Waals surface area contributed by atoms with E-state index < -0.39 is 54.7 Å². The number of esters is 2. The predicted molar refractivity (Wildman–Crippen MR) is 88.9 cm³/mol. The second kappa shape index (κ2) is 8.23. The number of aliphatic hydroxyl groups excluding tert-OH is 3. The van der Waals surface area contributed by atoms with Crippen LogP contribution in [0.25, 0.3) is 0 Å². The Morgan fingerprint density at radius 3 is 2.50 bits per heavy atom. The number of aliphatic carboxylic acids is 1. The largest absolute Gasteiger partial charge is 0.479 e. The molecule has 4 N–H and O–H groups in total. The van der Waals surface area contributed by atoms with Gasteiger partial charge >= 0.3 is 17.9 Å². The van der Waals surface area contributed by atoms with Crippen molar-refractivity contribution in [1.29, 1.82) is 0 Å². The molecule has 10 heteroatoms. The first-order valence-electron chi connectivity index (χ1n) is 8.71. The third-order valence-electron chi connectivity index (χ3n) is 4.68. The van der Waals surface area contributed by atoms with Crippen LogP contribution < -0.4 is 0 Å². The fraction of sp³-hybridized carbons (Fsp3) is 0.500. The summed E-state index contributed by atoms with van der Waals surface area (Å²) in [4.78, 5) is 34.8. The third kappa shape index (κ3) is 3.99. The van der Waals surface area contributed by atoms with Crippen LogP contribution >= 0.6 is 0 Å². The Morgan fingerprint density at radius 2 is 1.79 bits per heavy atom. The lowest BCUT2D eigenvalue weighted by atomic mass is 9.99. The average Bonchev–Trinajstić information content (AvgIpc) is 2.98. The maximum Gasteiger partial charge on any atom is 0.339 e. The van der Waals surface area contributed by atoms with Gasteiger partial charge in [-0.15, -0.1) is 0 Å². The molecule has 0 saturated carbocycles. The highest BCUT2D eigenvalue weighted by molar-refractivity contribution is 5.93. The summed E-state index contributed by atoms with van der Waals surface area (Å²) in [7, 11) is 0. The molecule has 0 radical (unpaired) electrons. The Hall–Kier alpha value is -2.53. The van der Waals surface area contributed by atoms with Crippen LogP contribution in [0.4, 0.5) is 0 Å². The third-order valence-corrected chi connectivity index (χ3v) is 4.68. The first kappa shape index (κ1) is 20.2. The Bertz CT molecular complexity index is 762. The molecule has 2 aliphatic rings. The molecule has 1 aromatic carbocycles. The Kier molecular flexibility index (Phi) is 5.94. The fourth-order valence-corrected chi connectivity index (χ4v) is 3.20. The topological polar surface area (TPSA) is 160 Å². The molecule has 1 fully saturated rings. The monoisotopic (exact) mass is 396 g/mol. The van der Waals surface area contributed by atoms with Gasteiger partial charge in [-0.2, -0.15) is 0 Å². The molecule has 152 valence electrons. The van der Waals surface area contributed by atoms with Crippen molar-refractivity contribution in [2.24, 2.45) is 0 Å². The van der Waals surface area contributed by atoms with E-state index in [1.54, 1.807) is 24.3 Å². The summed E-state index contributed by atoms with van der Waals surface area (Å²) in [6.07, 6.45) is -8.99. The second-order valence-corrected chi connectivity index (χ2v) is 6.60. The number of cyclic esters (lactones) is 1. The number of aliphatic hydroxyl groups is 3. The first-order chi connectivity index (χ1) is 13.3. The van der Waals surface area contributed by atoms with Crippen molar-refractivity contribution in [2.75, 3.05) is 0 Å². The van der Waals surface area contributed by atoms with Crippen LogP contribution in [0.3, 0.4) is 0 Å². The number of hydrogen-bond acceptors (Lipinski definition) is 9. The summed E-state index contributed by atoms with van der Waals surface area (Å²) in [6, 6.07) is 6.94. The molecule has 0 spiro atoms. The quantitative estimate of drug-likeness (QED) is 0.462. The van der Waals surface area contributed by atoms with E-state index in [2.05, 4.69) is 0 Å². The summed E-state index contributed by atoms with van der Waals surface area (Å²) in [5.41, 5.74) is 1.23. The molecule has 2 heterocycles. The molecular weight excluding hydrogens is 376 g/mol. The van der Waals surface area contributed by atoms with Gasteiger partial charge in [0.1, 0.15) is 24.4 Å². The summed E-state index contributed by atoms with van der Waals surface area (Å²) in [5.74, 6) is -2.79. The van der Waals surface area contributed by atoms with Gasteiger partial charge in [0.25, 0.3) is 0 Å². The average molecular weight is 396 g/mol. The molecule has 1 unspecified atom stereocenters. The van der Waals surface area contributed by atoms with Crippen LogP contribution in [0.15, 0.2) is 24.3 Å². The molecule has 0 amide bonds. The van der Waals surface area contributed by atoms with Crippen LogP contribution in [0.1, 0.15) is 41.3 Å². The Balaban J connectivity index is 1.51. The first-order valence-corrected chi connectivity index (χ1v) is 8.71.